The number of benzene rings is 3. The first kappa shape index (κ1) is 29.6. The summed E-state index contributed by atoms with van der Waals surface area (Å²) >= 11 is 12.5. The van der Waals surface area contributed by atoms with Gasteiger partial charge in [-0.05, 0) is 67.9 Å². The number of carbonyl (C=O) groups excluding carboxylic acids is 3. The average Bonchev–Trinajstić information content (AvgIpc) is 3.13. The van der Waals surface area contributed by atoms with Crippen LogP contribution in [0.3, 0.4) is 0 Å². The Morgan fingerprint density at radius 1 is 1.15 bits per heavy atom. The number of rotatable bonds is 9. The molecule has 1 aliphatic rings. The van der Waals surface area contributed by atoms with E-state index in [1.807, 2.05) is 4.90 Å². The first-order valence-electron chi connectivity index (χ1n) is 12.9. The molecule has 2 atom stereocenters. The first-order chi connectivity index (χ1) is 19.3. The van der Waals surface area contributed by atoms with E-state index in [2.05, 4.69) is 5.32 Å². The molecule has 1 aliphatic heterocycles. The Bertz CT molecular complexity index is 1400. The van der Waals surface area contributed by atoms with E-state index in [-0.39, 0.29) is 24.3 Å². The maximum absolute atomic E-state index is 14.0. The molecule has 10 heteroatoms. The van der Waals surface area contributed by atoms with Gasteiger partial charge in [0.15, 0.2) is 0 Å². The van der Waals surface area contributed by atoms with Gasteiger partial charge in [-0.15, -0.1) is 0 Å². The van der Waals surface area contributed by atoms with Crippen LogP contribution in [-0.4, -0.2) is 68.0 Å². The van der Waals surface area contributed by atoms with E-state index in [4.69, 9.17) is 27.9 Å². The first-order valence-corrected chi connectivity index (χ1v) is 13.7. The zero-order chi connectivity index (χ0) is 28.8. The van der Waals surface area contributed by atoms with E-state index in [0.29, 0.717) is 64.2 Å². The molecule has 210 valence electrons. The van der Waals surface area contributed by atoms with E-state index < -0.39 is 6.04 Å². The third-order valence-corrected chi connectivity index (χ3v) is 7.71. The molecule has 0 aliphatic carbocycles. The third kappa shape index (κ3) is 6.31. The summed E-state index contributed by atoms with van der Waals surface area (Å²) in [6.07, 6.45) is 2.19. The van der Waals surface area contributed by atoms with Crippen LogP contribution in [0.25, 0.3) is 0 Å². The summed E-state index contributed by atoms with van der Waals surface area (Å²) in [5, 5.41) is 13.1. The molecule has 0 saturated heterocycles. The summed E-state index contributed by atoms with van der Waals surface area (Å²) in [6, 6.07) is 16.4. The number of likely N-dealkylation sites (N-methyl/N-ethyl adjacent to an activating group) is 1. The predicted molar refractivity (Wildman–Crippen MR) is 157 cm³/mol. The molecule has 2 unspecified atom stereocenters. The Hall–Kier alpha value is -3.43. The van der Waals surface area contributed by atoms with Gasteiger partial charge >= 0.3 is 0 Å². The van der Waals surface area contributed by atoms with Gasteiger partial charge in [-0.1, -0.05) is 35.3 Å². The van der Waals surface area contributed by atoms with Crippen molar-refractivity contribution in [3.63, 3.8) is 0 Å². The van der Waals surface area contributed by atoms with Gasteiger partial charge < -0.3 is 24.9 Å². The van der Waals surface area contributed by atoms with Crippen molar-refractivity contribution in [2.45, 2.75) is 24.8 Å². The van der Waals surface area contributed by atoms with Gasteiger partial charge in [0.05, 0.1) is 35.9 Å². The van der Waals surface area contributed by atoms with Crippen LogP contribution >= 0.6 is 23.2 Å². The van der Waals surface area contributed by atoms with Crippen LogP contribution in [0.15, 0.2) is 60.7 Å². The lowest BCUT2D eigenvalue weighted by Crippen LogP contribution is -2.40. The van der Waals surface area contributed by atoms with E-state index >= 15 is 0 Å². The Balaban J connectivity index is 1.66. The summed E-state index contributed by atoms with van der Waals surface area (Å²) in [5.74, 6) is -0.583. The standard InChI is InChI=1S/C30H31Cl2N3O5/c1-34(14-15-36)27(18-37)21-7-5-13-35(26-12-9-19(31)16-24(21)26)30(39)23-11-10-20(17-28(23)40-2)33-29(38)22-6-3-4-8-25(22)32/h3-4,6,8-12,16-18,21,27,36H,5,7,13-15H2,1-2H3,(H,33,38). The number of nitrogens with zero attached hydrogens (tertiary/aromatic N) is 2. The van der Waals surface area contributed by atoms with E-state index in [1.54, 1.807) is 72.6 Å². The molecule has 3 aromatic carbocycles. The highest BCUT2D eigenvalue weighted by Crippen LogP contribution is 2.40. The quantitative estimate of drug-likeness (QED) is 0.333. The highest BCUT2D eigenvalue weighted by molar-refractivity contribution is 6.34. The lowest BCUT2D eigenvalue weighted by molar-refractivity contribution is -0.112. The Morgan fingerprint density at radius 2 is 1.93 bits per heavy atom. The van der Waals surface area contributed by atoms with Crippen molar-refractivity contribution in [3.8, 4) is 5.75 Å². The monoisotopic (exact) mass is 583 g/mol. The number of ether oxygens (including phenoxy) is 1. The molecule has 4 rings (SSSR count). The summed E-state index contributed by atoms with van der Waals surface area (Å²) in [5.41, 5.74) is 2.56. The van der Waals surface area contributed by atoms with Crippen LogP contribution in [0.2, 0.25) is 10.0 Å². The zero-order valence-corrected chi connectivity index (χ0v) is 23.8. The zero-order valence-electron chi connectivity index (χ0n) is 22.3. The smallest absolute Gasteiger partial charge is 0.262 e. The highest BCUT2D eigenvalue weighted by Gasteiger charge is 2.34. The topological polar surface area (TPSA) is 99.2 Å². The number of methoxy groups -OCH3 is 1. The SMILES string of the molecule is COc1cc(NC(=O)c2ccccc2Cl)ccc1C(=O)N1CCCC(C(C=O)N(C)CCO)c2cc(Cl)ccc21. The van der Waals surface area contributed by atoms with Crippen LogP contribution < -0.4 is 15.0 Å². The minimum absolute atomic E-state index is 0.0742. The van der Waals surface area contributed by atoms with Crippen LogP contribution in [0.5, 0.6) is 5.75 Å². The average molecular weight is 585 g/mol. The van der Waals surface area contributed by atoms with E-state index in [1.165, 1.54) is 7.11 Å². The van der Waals surface area contributed by atoms with E-state index in [0.717, 1.165) is 11.8 Å². The number of hydrogen-bond acceptors (Lipinski definition) is 6. The molecule has 2 N–H and O–H groups in total. The van der Waals surface area contributed by atoms with Crippen molar-refractivity contribution < 1.29 is 24.2 Å². The fourth-order valence-corrected chi connectivity index (χ4v) is 5.53. The fourth-order valence-electron chi connectivity index (χ4n) is 5.13. The highest BCUT2D eigenvalue weighted by atomic mass is 35.5. The normalized spacial score (nSPS) is 15.7. The molecule has 0 radical (unpaired) electrons. The van der Waals surface area contributed by atoms with Gasteiger partial charge in [0.2, 0.25) is 0 Å². The maximum atomic E-state index is 14.0. The van der Waals surface area contributed by atoms with Crippen LogP contribution in [0, 0.1) is 0 Å². The molecule has 0 spiro atoms. The molecule has 0 bridgehead atoms. The summed E-state index contributed by atoms with van der Waals surface area (Å²) in [7, 11) is 3.26. The number of aliphatic hydroxyl groups excluding tert-OH is 1. The second-order valence-electron chi connectivity index (χ2n) is 9.59. The second-order valence-corrected chi connectivity index (χ2v) is 10.4. The Labute approximate surface area is 243 Å². The molecule has 2 amide bonds. The number of halogens is 2. The van der Waals surface area contributed by atoms with Gasteiger partial charge in [-0.3, -0.25) is 14.5 Å². The summed E-state index contributed by atoms with van der Waals surface area (Å²) in [6.45, 7) is 0.692. The maximum Gasteiger partial charge on any atom is 0.262 e. The fraction of sp³-hybridized carbons (Fsp3) is 0.300. The Kier molecular flexibility index (Phi) is 9.81. The van der Waals surface area contributed by atoms with Gasteiger partial charge in [0.1, 0.15) is 12.0 Å². The second kappa shape index (κ2) is 13.3. The van der Waals surface area contributed by atoms with E-state index in [9.17, 15) is 19.5 Å². The molecule has 3 aromatic rings. The van der Waals surface area contributed by atoms with Crippen molar-refractivity contribution >= 4 is 52.7 Å². The number of amides is 2. The summed E-state index contributed by atoms with van der Waals surface area (Å²) < 4.78 is 5.56. The van der Waals surface area contributed by atoms with Gasteiger partial charge in [0.25, 0.3) is 11.8 Å². The van der Waals surface area contributed by atoms with Gasteiger partial charge in [-0.2, -0.15) is 0 Å². The van der Waals surface area contributed by atoms with Crippen molar-refractivity contribution in [1.29, 1.82) is 0 Å². The predicted octanol–water partition coefficient (Wildman–Crippen LogP) is 5.27. The van der Waals surface area contributed by atoms with Gasteiger partial charge in [-0.25, -0.2) is 0 Å². The minimum Gasteiger partial charge on any atom is -0.496 e. The molecule has 0 saturated carbocycles. The molecule has 1 heterocycles. The number of aldehydes is 1. The number of aliphatic hydroxyl groups is 1. The summed E-state index contributed by atoms with van der Waals surface area (Å²) in [4.78, 5) is 42.4. The number of fused-ring (bicyclic) bond motifs is 1. The van der Waals surface area contributed by atoms with Crippen LogP contribution in [-0.2, 0) is 4.79 Å². The van der Waals surface area contributed by atoms with Crippen LogP contribution in [0.1, 0.15) is 45.0 Å². The molecule has 40 heavy (non-hydrogen) atoms. The molecular weight excluding hydrogens is 553 g/mol. The van der Waals surface area contributed by atoms with Crippen molar-refractivity contribution in [2.24, 2.45) is 0 Å². The van der Waals surface area contributed by atoms with Crippen molar-refractivity contribution in [1.82, 2.24) is 4.90 Å². The van der Waals surface area contributed by atoms with Gasteiger partial charge in [0, 0.05) is 41.5 Å². The van der Waals surface area contributed by atoms with Crippen molar-refractivity contribution in [2.75, 3.05) is 44.1 Å². The lowest BCUT2D eigenvalue weighted by atomic mass is 9.87. The molecule has 0 aromatic heterocycles. The number of hydrogen-bond donors (Lipinski definition) is 2. The number of nitrogens with one attached hydrogen (secondary N) is 1. The largest absolute Gasteiger partial charge is 0.496 e. The van der Waals surface area contributed by atoms with Crippen molar-refractivity contribution in [3.05, 3.63) is 87.4 Å². The third-order valence-electron chi connectivity index (χ3n) is 7.14. The lowest BCUT2D eigenvalue weighted by Gasteiger charge is -2.31. The molecular formula is C30H31Cl2N3O5. The Morgan fingerprint density at radius 3 is 2.62 bits per heavy atom. The molecule has 0 fully saturated rings. The number of anilines is 2. The van der Waals surface area contributed by atoms with Crippen LogP contribution in [0.4, 0.5) is 11.4 Å². The minimum atomic E-state index is -0.491. The molecule has 8 nitrogen and oxygen atoms in total. The number of carbonyl (C=O) groups is 3.